The molecule has 0 aliphatic heterocycles. The molecule has 0 radical (unpaired) electrons. The van der Waals surface area contributed by atoms with Crippen LogP contribution >= 0.6 is 0 Å². The minimum Gasteiger partial charge on any atom is -0.495 e. The zero-order chi connectivity index (χ0) is 19.9. The molecule has 0 aromatic heterocycles. The Bertz CT molecular complexity index is 970. The summed E-state index contributed by atoms with van der Waals surface area (Å²) < 4.78 is 5.26. The maximum absolute atomic E-state index is 12.8. The van der Waals surface area contributed by atoms with Crippen molar-refractivity contribution in [2.45, 2.75) is 6.54 Å². The van der Waals surface area contributed by atoms with Crippen molar-refractivity contribution in [3.63, 3.8) is 0 Å². The number of para-hydroxylation sites is 2. The van der Waals surface area contributed by atoms with Crippen molar-refractivity contribution in [1.82, 2.24) is 4.90 Å². The lowest BCUT2D eigenvalue weighted by atomic mass is 10.1. The number of amides is 2. The highest BCUT2D eigenvalue weighted by Crippen LogP contribution is 2.23. The van der Waals surface area contributed by atoms with Crippen LogP contribution in [0.4, 0.5) is 5.69 Å². The van der Waals surface area contributed by atoms with Gasteiger partial charge in [-0.2, -0.15) is 0 Å². The van der Waals surface area contributed by atoms with E-state index in [2.05, 4.69) is 5.32 Å². The predicted octanol–water partition coefficient (Wildman–Crippen LogP) is 4.22. The second kappa shape index (κ2) is 8.86. The second-order valence-electron chi connectivity index (χ2n) is 6.38. The van der Waals surface area contributed by atoms with Gasteiger partial charge in [-0.1, -0.05) is 48.5 Å². The molecule has 0 spiro atoms. The van der Waals surface area contributed by atoms with Gasteiger partial charge in [-0.3, -0.25) is 9.59 Å². The van der Waals surface area contributed by atoms with Crippen molar-refractivity contribution >= 4 is 17.5 Å². The number of nitrogens with zero attached hydrogens (tertiary/aromatic N) is 1. The molecule has 0 aliphatic carbocycles. The Morgan fingerprint density at radius 2 is 1.57 bits per heavy atom. The molecule has 0 saturated heterocycles. The van der Waals surface area contributed by atoms with Gasteiger partial charge in [-0.15, -0.1) is 0 Å². The van der Waals surface area contributed by atoms with E-state index in [0.717, 1.165) is 5.56 Å². The van der Waals surface area contributed by atoms with Gasteiger partial charge in [0.25, 0.3) is 11.8 Å². The van der Waals surface area contributed by atoms with Crippen LogP contribution in [0.1, 0.15) is 26.3 Å². The van der Waals surface area contributed by atoms with Gasteiger partial charge in [0.2, 0.25) is 0 Å². The van der Waals surface area contributed by atoms with Crippen LogP contribution in [0.3, 0.4) is 0 Å². The van der Waals surface area contributed by atoms with Gasteiger partial charge in [-0.25, -0.2) is 0 Å². The Morgan fingerprint density at radius 3 is 2.32 bits per heavy atom. The third-order valence-corrected chi connectivity index (χ3v) is 4.34. The van der Waals surface area contributed by atoms with Gasteiger partial charge < -0.3 is 15.0 Å². The maximum atomic E-state index is 12.8. The summed E-state index contributed by atoms with van der Waals surface area (Å²) in [6.07, 6.45) is 0. The highest BCUT2D eigenvalue weighted by Gasteiger charge is 2.15. The number of anilines is 1. The van der Waals surface area contributed by atoms with E-state index in [1.807, 2.05) is 42.5 Å². The molecule has 3 aromatic carbocycles. The lowest BCUT2D eigenvalue weighted by Crippen LogP contribution is -2.26. The molecule has 0 atom stereocenters. The Morgan fingerprint density at radius 1 is 0.893 bits per heavy atom. The van der Waals surface area contributed by atoms with Crippen molar-refractivity contribution in [2.24, 2.45) is 0 Å². The first kappa shape index (κ1) is 19.2. The third kappa shape index (κ3) is 4.57. The Kier molecular flexibility index (Phi) is 6.07. The SMILES string of the molecule is COc1ccccc1NC(=O)c1cccc(C(=O)N(C)Cc2ccccc2)c1. The van der Waals surface area contributed by atoms with Crippen LogP contribution in [0.5, 0.6) is 5.75 Å². The zero-order valence-electron chi connectivity index (χ0n) is 15.9. The minimum absolute atomic E-state index is 0.143. The molecule has 0 fully saturated rings. The molecule has 28 heavy (non-hydrogen) atoms. The fourth-order valence-electron chi connectivity index (χ4n) is 2.89. The molecule has 3 rings (SSSR count). The zero-order valence-corrected chi connectivity index (χ0v) is 15.9. The highest BCUT2D eigenvalue weighted by molar-refractivity contribution is 6.06. The van der Waals surface area contributed by atoms with E-state index < -0.39 is 0 Å². The summed E-state index contributed by atoms with van der Waals surface area (Å²) in [5, 5.41) is 2.82. The van der Waals surface area contributed by atoms with Crippen molar-refractivity contribution in [1.29, 1.82) is 0 Å². The van der Waals surface area contributed by atoms with Crippen LogP contribution < -0.4 is 10.1 Å². The minimum atomic E-state index is -0.301. The van der Waals surface area contributed by atoms with E-state index in [4.69, 9.17) is 4.74 Å². The topological polar surface area (TPSA) is 58.6 Å². The first-order valence-corrected chi connectivity index (χ1v) is 8.92. The van der Waals surface area contributed by atoms with Gasteiger partial charge in [0, 0.05) is 24.7 Å². The molecule has 2 amide bonds. The quantitative estimate of drug-likeness (QED) is 0.703. The van der Waals surface area contributed by atoms with Crippen molar-refractivity contribution in [3.8, 4) is 5.75 Å². The van der Waals surface area contributed by atoms with Crippen LogP contribution in [0.25, 0.3) is 0 Å². The smallest absolute Gasteiger partial charge is 0.255 e. The Balaban J connectivity index is 1.74. The standard InChI is InChI=1S/C23H22N2O3/c1-25(16-17-9-4-3-5-10-17)23(27)19-12-8-11-18(15-19)22(26)24-20-13-6-7-14-21(20)28-2/h3-15H,16H2,1-2H3,(H,24,26). The second-order valence-corrected chi connectivity index (χ2v) is 6.38. The number of nitrogens with one attached hydrogen (secondary N) is 1. The Hall–Kier alpha value is -3.60. The number of hydrogen-bond acceptors (Lipinski definition) is 3. The molecule has 0 bridgehead atoms. The van der Waals surface area contributed by atoms with E-state index >= 15 is 0 Å². The Labute approximate surface area is 164 Å². The average Bonchev–Trinajstić information content (AvgIpc) is 2.74. The number of hydrogen-bond donors (Lipinski definition) is 1. The van der Waals surface area contributed by atoms with Crippen molar-refractivity contribution in [3.05, 3.63) is 95.6 Å². The molecule has 5 heteroatoms. The molecule has 5 nitrogen and oxygen atoms in total. The number of rotatable bonds is 6. The van der Waals surface area contributed by atoms with Crippen molar-refractivity contribution in [2.75, 3.05) is 19.5 Å². The van der Waals surface area contributed by atoms with E-state index in [1.54, 1.807) is 55.5 Å². The normalized spacial score (nSPS) is 10.2. The highest BCUT2D eigenvalue weighted by atomic mass is 16.5. The summed E-state index contributed by atoms with van der Waals surface area (Å²) >= 11 is 0. The number of methoxy groups -OCH3 is 1. The summed E-state index contributed by atoms with van der Waals surface area (Å²) in [5.74, 6) is 0.131. The van der Waals surface area contributed by atoms with Crippen LogP contribution in [-0.2, 0) is 6.54 Å². The average molecular weight is 374 g/mol. The van der Waals surface area contributed by atoms with Gasteiger partial charge in [0.1, 0.15) is 5.75 Å². The fraction of sp³-hybridized carbons (Fsp3) is 0.130. The molecule has 3 aromatic rings. The van der Waals surface area contributed by atoms with E-state index in [0.29, 0.717) is 29.1 Å². The fourth-order valence-corrected chi connectivity index (χ4v) is 2.89. The summed E-state index contributed by atoms with van der Waals surface area (Å²) in [4.78, 5) is 27.0. The summed E-state index contributed by atoms with van der Waals surface area (Å²) in [7, 11) is 3.30. The van der Waals surface area contributed by atoms with E-state index in [9.17, 15) is 9.59 Å². The summed E-state index contributed by atoms with van der Waals surface area (Å²) in [5.41, 5.74) is 2.49. The third-order valence-electron chi connectivity index (χ3n) is 4.34. The van der Waals surface area contributed by atoms with Crippen LogP contribution in [-0.4, -0.2) is 30.9 Å². The van der Waals surface area contributed by atoms with Gasteiger partial charge in [-0.05, 0) is 35.9 Å². The molecule has 0 unspecified atom stereocenters. The molecule has 0 saturated carbocycles. The van der Waals surface area contributed by atoms with Gasteiger partial charge in [0.05, 0.1) is 12.8 Å². The summed E-state index contributed by atoms with van der Waals surface area (Å²) in [6, 6.07) is 23.7. The molecule has 142 valence electrons. The number of carbonyl (C=O) groups is 2. The van der Waals surface area contributed by atoms with Crippen LogP contribution in [0, 0.1) is 0 Å². The number of carbonyl (C=O) groups excluding carboxylic acids is 2. The molecule has 0 heterocycles. The number of ether oxygens (including phenoxy) is 1. The maximum Gasteiger partial charge on any atom is 0.255 e. The lowest BCUT2D eigenvalue weighted by Gasteiger charge is -2.18. The van der Waals surface area contributed by atoms with E-state index in [-0.39, 0.29) is 11.8 Å². The van der Waals surface area contributed by atoms with Crippen LogP contribution in [0.2, 0.25) is 0 Å². The van der Waals surface area contributed by atoms with Gasteiger partial charge >= 0.3 is 0 Å². The molecular weight excluding hydrogens is 352 g/mol. The van der Waals surface area contributed by atoms with Gasteiger partial charge in [0.15, 0.2) is 0 Å². The first-order chi connectivity index (χ1) is 13.6. The van der Waals surface area contributed by atoms with Crippen molar-refractivity contribution < 1.29 is 14.3 Å². The molecular formula is C23H22N2O3. The predicted molar refractivity (Wildman–Crippen MR) is 110 cm³/mol. The van der Waals surface area contributed by atoms with E-state index in [1.165, 1.54) is 0 Å². The lowest BCUT2D eigenvalue weighted by molar-refractivity contribution is 0.0785. The number of benzene rings is 3. The summed E-state index contributed by atoms with van der Waals surface area (Å²) in [6.45, 7) is 0.497. The van der Waals surface area contributed by atoms with Crippen LogP contribution in [0.15, 0.2) is 78.9 Å². The monoisotopic (exact) mass is 374 g/mol. The molecule has 0 aliphatic rings. The first-order valence-electron chi connectivity index (χ1n) is 8.92. The molecule has 1 N–H and O–H groups in total. The largest absolute Gasteiger partial charge is 0.495 e.